The van der Waals surface area contributed by atoms with Crippen molar-refractivity contribution >= 4 is 22.9 Å². The van der Waals surface area contributed by atoms with Gasteiger partial charge in [-0.05, 0) is 12.8 Å². The molecule has 2 aromatic rings. The van der Waals surface area contributed by atoms with Gasteiger partial charge in [-0.1, -0.05) is 37.1 Å². The largest absolute Gasteiger partial charge is 0.507 e. The van der Waals surface area contributed by atoms with Crippen LogP contribution in [0, 0.1) is 0 Å². The van der Waals surface area contributed by atoms with Crippen molar-refractivity contribution in [1.29, 1.82) is 0 Å². The Hall–Kier alpha value is -2.82. The zero-order valence-electron chi connectivity index (χ0n) is 13.9. The highest BCUT2D eigenvalue weighted by atomic mass is 16.3. The van der Waals surface area contributed by atoms with E-state index in [-0.39, 0.29) is 28.4 Å². The molecule has 0 unspecified atom stereocenters. The quantitative estimate of drug-likeness (QED) is 0.527. The van der Waals surface area contributed by atoms with Gasteiger partial charge in [0.15, 0.2) is 11.6 Å². The number of phenols is 1. The number of nitrogen functional groups attached to an aromatic ring is 1. The molecular weight excluding hydrogens is 316 g/mol. The van der Waals surface area contributed by atoms with Crippen molar-refractivity contribution in [3.63, 3.8) is 0 Å². The fraction of sp³-hybridized carbons (Fsp3) is 0.300. The molecule has 1 aliphatic heterocycles. The number of nitrogens with zero attached hydrogens (tertiary/aromatic N) is 1. The fourth-order valence-corrected chi connectivity index (χ4v) is 3.86. The van der Waals surface area contributed by atoms with Gasteiger partial charge in [0.05, 0.1) is 22.5 Å². The average molecular weight is 336 g/mol. The number of anilines is 2. The van der Waals surface area contributed by atoms with Crippen LogP contribution < -0.4 is 10.6 Å². The monoisotopic (exact) mass is 336 g/mol. The number of ketones is 2. The minimum absolute atomic E-state index is 0.0276. The van der Waals surface area contributed by atoms with E-state index in [1.165, 1.54) is 0 Å². The van der Waals surface area contributed by atoms with Gasteiger partial charge in [0.2, 0.25) is 0 Å². The van der Waals surface area contributed by atoms with Crippen LogP contribution in [0.25, 0.3) is 0 Å². The predicted molar refractivity (Wildman–Crippen MR) is 96.5 cm³/mol. The summed E-state index contributed by atoms with van der Waals surface area (Å²) in [4.78, 5) is 27.9. The molecule has 0 aromatic heterocycles. The van der Waals surface area contributed by atoms with Crippen LogP contribution in [0.2, 0.25) is 0 Å². The average Bonchev–Trinajstić information content (AvgIpc) is 2.90. The number of carbonyl (C=O) groups is 2. The number of hydrogen-bond donors (Lipinski definition) is 2. The van der Waals surface area contributed by atoms with Gasteiger partial charge in [0, 0.05) is 30.3 Å². The lowest BCUT2D eigenvalue weighted by molar-refractivity contribution is 0.0977. The van der Waals surface area contributed by atoms with E-state index >= 15 is 0 Å². The van der Waals surface area contributed by atoms with Crippen LogP contribution in [0.5, 0.6) is 5.75 Å². The Labute approximate surface area is 146 Å². The second-order valence-electron chi connectivity index (χ2n) is 6.68. The third-order valence-electron chi connectivity index (χ3n) is 5.14. The number of hydrogen-bond acceptors (Lipinski definition) is 5. The maximum absolute atomic E-state index is 13.0. The number of rotatable bonds is 1. The number of phenolic OH excluding ortho intramolecular Hbond substituents is 1. The molecule has 4 rings (SSSR count). The van der Waals surface area contributed by atoms with Gasteiger partial charge in [0.1, 0.15) is 5.75 Å². The molecule has 2 aromatic carbocycles. The zero-order valence-corrected chi connectivity index (χ0v) is 13.9. The molecule has 5 nitrogen and oxygen atoms in total. The predicted octanol–water partition coefficient (Wildman–Crippen LogP) is 3.13. The van der Waals surface area contributed by atoms with E-state index in [9.17, 15) is 14.7 Å². The summed E-state index contributed by atoms with van der Waals surface area (Å²) in [6.45, 7) is 1.67. The number of carbonyl (C=O) groups excluding carboxylic acids is 2. The molecule has 0 bridgehead atoms. The Morgan fingerprint density at radius 1 is 0.880 bits per heavy atom. The number of nitrogens with two attached hydrogens (primary N) is 1. The van der Waals surface area contributed by atoms with Gasteiger partial charge in [0.25, 0.3) is 0 Å². The Kier molecular flexibility index (Phi) is 3.71. The second kappa shape index (κ2) is 5.92. The van der Waals surface area contributed by atoms with Crippen molar-refractivity contribution in [1.82, 2.24) is 0 Å². The maximum Gasteiger partial charge on any atom is 0.198 e. The molecule has 0 saturated carbocycles. The lowest BCUT2D eigenvalue weighted by atomic mass is 9.82. The smallest absolute Gasteiger partial charge is 0.198 e. The van der Waals surface area contributed by atoms with E-state index in [0.29, 0.717) is 22.5 Å². The molecule has 128 valence electrons. The SMILES string of the molecule is Nc1c(N2CCCCCC2)cc(O)c2c1C(=O)c1ccccc1C2=O. The fourth-order valence-electron chi connectivity index (χ4n) is 3.86. The topological polar surface area (TPSA) is 83.6 Å². The van der Waals surface area contributed by atoms with E-state index < -0.39 is 0 Å². The summed E-state index contributed by atoms with van der Waals surface area (Å²) in [7, 11) is 0. The van der Waals surface area contributed by atoms with Crippen molar-refractivity contribution < 1.29 is 14.7 Å². The Morgan fingerprint density at radius 3 is 2.04 bits per heavy atom. The van der Waals surface area contributed by atoms with Gasteiger partial charge in [-0.25, -0.2) is 0 Å². The summed E-state index contributed by atoms with van der Waals surface area (Å²) in [6, 6.07) is 8.22. The van der Waals surface area contributed by atoms with E-state index in [4.69, 9.17) is 5.73 Å². The van der Waals surface area contributed by atoms with Gasteiger partial charge in [-0.15, -0.1) is 0 Å². The lowest BCUT2D eigenvalue weighted by Gasteiger charge is -2.28. The lowest BCUT2D eigenvalue weighted by Crippen LogP contribution is -2.28. The highest BCUT2D eigenvalue weighted by molar-refractivity contribution is 6.31. The number of fused-ring (bicyclic) bond motifs is 2. The normalized spacial score (nSPS) is 17.0. The van der Waals surface area contributed by atoms with Crippen LogP contribution in [-0.4, -0.2) is 29.8 Å². The van der Waals surface area contributed by atoms with E-state index in [1.807, 2.05) is 0 Å². The van der Waals surface area contributed by atoms with Crippen molar-refractivity contribution in [2.24, 2.45) is 0 Å². The van der Waals surface area contributed by atoms with Gasteiger partial charge >= 0.3 is 0 Å². The van der Waals surface area contributed by atoms with Crippen molar-refractivity contribution in [2.45, 2.75) is 25.7 Å². The molecule has 0 radical (unpaired) electrons. The Morgan fingerprint density at radius 2 is 1.44 bits per heavy atom. The Balaban J connectivity index is 1.90. The van der Waals surface area contributed by atoms with Crippen LogP contribution in [0.15, 0.2) is 30.3 Å². The minimum Gasteiger partial charge on any atom is -0.507 e. The summed E-state index contributed by atoms with van der Waals surface area (Å²) >= 11 is 0. The molecule has 1 aliphatic carbocycles. The summed E-state index contributed by atoms with van der Waals surface area (Å²) in [6.07, 6.45) is 4.43. The molecule has 5 heteroatoms. The van der Waals surface area contributed by atoms with Gasteiger partial charge in [-0.3, -0.25) is 9.59 Å². The van der Waals surface area contributed by atoms with Crippen LogP contribution in [0.3, 0.4) is 0 Å². The molecule has 1 saturated heterocycles. The van der Waals surface area contributed by atoms with Crippen LogP contribution in [-0.2, 0) is 0 Å². The first-order valence-electron chi connectivity index (χ1n) is 8.68. The number of aromatic hydroxyl groups is 1. The van der Waals surface area contributed by atoms with E-state index in [1.54, 1.807) is 30.3 Å². The van der Waals surface area contributed by atoms with Gasteiger partial charge < -0.3 is 15.7 Å². The first kappa shape index (κ1) is 15.7. The van der Waals surface area contributed by atoms with Gasteiger partial charge in [-0.2, -0.15) is 0 Å². The third kappa shape index (κ3) is 2.38. The molecule has 0 atom stereocenters. The maximum atomic E-state index is 13.0. The summed E-state index contributed by atoms with van der Waals surface area (Å²) in [5.41, 5.74) is 8.12. The minimum atomic E-state index is -0.350. The van der Waals surface area contributed by atoms with Crippen LogP contribution >= 0.6 is 0 Å². The Bertz CT molecular complexity index is 881. The van der Waals surface area contributed by atoms with Crippen molar-refractivity contribution in [3.05, 3.63) is 52.6 Å². The molecular formula is C20H20N2O3. The zero-order chi connectivity index (χ0) is 17.6. The molecule has 3 N–H and O–H groups in total. The van der Waals surface area contributed by atoms with Crippen LogP contribution in [0.1, 0.15) is 57.5 Å². The van der Waals surface area contributed by atoms with Crippen LogP contribution in [0.4, 0.5) is 11.4 Å². The number of benzene rings is 2. The third-order valence-corrected chi connectivity index (χ3v) is 5.14. The van der Waals surface area contributed by atoms with E-state index in [2.05, 4.69) is 4.90 Å². The van der Waals surface area contributed by atoms with Crippen molar-refractivity contribution in [2.75, 3.05) is 23.7 Å². The second-order valence-corrected chi connectivity index (χ2v) is 6.68. The molecule has 2 aliphatic rings. The molecule has 0 amide bonds. The molecule has 1 heterocycles. The molecule has 0 spiro atoms. The highest BCUT2D eigenvalue weighted by Crippen LogP contribution is 2.41. The summed E-state index contributed by atoms with van der Waals surface area (Å²) in [5, 5.41) is 10.5. The molecule has 25 heavy (non-hydrogen) atoms. The van der Waals surface area contributed by atoms with Crippen molar-refractivity contribution in [3.8, 4) is 5.75 Å². The summed E-state index contributed by atoms with van der Waals surface area (Å²) < 4.78 is 0. The summed E-state index contributed by atoms with van der Waals surface area (Å²) in [5.74, 6) is -0.817. The highest BCUT2D eigenvalue weighted by Gasteiger charge is 2.35. The van der Waals surface area contributed by atoms with E-state index in [0.717, 1.165) is 38.8 Å². The first-order chi connectivity index (χ1) is 12.1. The molecule has 1 fully saturated rings. The standard InChI is InChI=1S/C20H20N2O3/c21-18-14(22-9-5-1-2-6-10-22)11-15(23)16-17(18)20(25)13-8-4-3-7-12(13)19(16)24/h3-4,7-8,11,23H,1-2,5-6,9-10,21H2. The first-order valence-corrected chi connectivity index (χ1v) is 8.68.